The first kappa shape index (κ1) is 24.5. The van der Waals surface area contributed by atoms with E-state index in [-0.39, 0.29) is 12.1 Å². The van der Waals surface area contributed by atoms with Crippen LogP contribution in [0.1, 0.15) is 125 Å². The molecule has 0 amide bonds. The summed E-state index contributed by atoms with van der Waals surface area (Å²) < 4.78 is 5.67. The van der Waals surface area contributed by atoms with Gasteiger partial charge >= 0.3 is 5.97 Å². The van der Waals surface area contributed by atoms with Crippen molar-refractivity contribution < 1.29 is 9.53 Å². The largest absolute Gasteiger partial charge is 0.462 e. The maximum atomic E-state index is 12.1. The molecule has 0 saturated heterocycles. The van der Waals surface area contributed by atoms with Gasteiger partial charge < -0.3 is 4.74 Å². The Morgan fingerprint density at radius 1 is 0.720 bits per heavy atom. The van der Waals surface area contributed by atoms with Crippen LogP contribution in [0, 0.1) is 11.8 Å². The predicted molar refractivity (Wildman–Crippen MR) is 110 cm³/mol. The monoisotopic (exact) mass is 354 g/mol. The Hall–Kier alpha value is -0.530. The van der Waals surface area contributed by atoms with Crippen LogP contribution in [0.25, 0.3) is 0 Å². The standard InChI is InChI=1S/C23H46O2/c1-6-12-20(5)16-10-17-21(13-7-2)18-11-19-23(24)25-22(14-8-3)15-9-4/h20-22H,6-19H2,1-5H3. The Balaban J connectivity index is 4.02. The van der Waals surface area contributed by atoms with Crippen LogP contribution in [0.5, 0.6) is 0 Å². The Morgan fingerprint density at radius 2 is 1.28 bits per heavy atom. The highest BCUT2D eigenvalue weighted by atomic mass is 16.5. The van der Waals surface area contributed by atoms with E-state index in [2.05, 4.69) is 34.6 Å². The average molecular weight is 355 g/mol. The smallest absolute Gasteiger partial charge is 0.306 e. The van der Waals surface area contributed by atoms with E-state index >= 15 is 0 Å². The van der Waals surface area contributed by atoms with Crippen LogP contribution in [-0.4, -0.2) is 12.1 Å². The fourth-order valence-corrected chi connectivity index (χ4v) is 3.92. The van der Waals surface area contributed by atoms with Gasteiger partial charge in [-0.05, 0) is 37.5 Å². The number of ether oxygens (including phenoxy) is 1. The molecule has 2 heteroatoms. The Morgan fingerprint density at radius 3 is 1.84 bits per heavy atom. The highest BCUT2D eigenvalue weighted by Crippen LogP contribution is 2.24. The van der Waals surface area contributed by atoms with E-state index in [0.717, 1.165) is 43.9 Å². The van der Waals surface area contributed by atoms with Crippen LogP contribution in [-0.2, 0) is 9.53 Å². The van der Waals surface area contributed by atoms with Gasteiger partial charge in [0.1, 0.15) is 6.10 Å². The van der Waals surface area contributed by atoms with Crippen LogP contribution in [0.15, 0.2) is 0 Å². The molecule has 0 heterocycles. The van der Waals surface area contributed by atoms with E-state index in [1.165, 1.54) is 51.4 Å². The minimum Gasteiger partial charge on any atom is -0.462 e. The van der Waals surface area contributed by atoms with E-state index in [1.807, 2.05) is 0 Å². The number of hydrogen-bond acceptors (Lipinski definition) is 2. The first-order chi connectivity index (χ1) is 12.1. The summed E-state index contributed by atoms with van der Waals surface area (Å²) in [6.45, 7) is 11.3. The number of carbonyl (C=O) groups is 1. The van der Waals surface area contributed by atoms with E-state index in [1.54, 1.807) is 0 Å². The van der Waals surface area contributed by atoms with Gasteiger partial charge in [0, 0.05) is 6.42 Å². The SMILES string of the molecule is CCCC(C)CCCC(CCC)CCCC(=O)OC(CCC)CCC. The molecule has 2 atom stereocenters. The molecule has 0 fully saturated rings. The van der Waals surface area contributed by atoms with Crippen molar-refractivity contribution in [2.24, 2.45) is 11.8 Å². The fraction of sp³-hybridized carbons (Fsp3) is 0.957. The second kappa shape index (κ2) is 16.9. The molecular weight excluding hydrogens is 308 g/mol. The summed E-state index contributed by atoms with van der Waals surface area (Å²) in [5.74, 6) is 1.70. The summed E-state index contributed by atoms with van der Waals surface area (Å²) in [6, 6.07) is 0. The first-order valence-corrected chi connectivity index (χ1v) is 11.3. The van der Waals surface area contributed by atoms with Crippen molar-refractivity contribution in [1.82, 2.24) is 0 Å². The van der Waals surface area contributed by atoms with Gasteiger partial charge in [-0.1, -0.05) is 92.4 Å². The molecule has 150 valence electrons. The van der Waals surface area contributed by atoms with E-state index in [9.17, 15) is 4.79 Å². The maximum Gasteiger partial charge on any atom is 0.306 e. The molecule has 0 saturated carbocycles. The lowest BCUT2D eigenvalue weighted by Gasteiger charge is -2.19. The fourth-order valence-electron chi connectivity index (χ4n) is 3.92. The molecule has 0 bridgehead atoms. The van der Waals surface area contributed by atoms with E-state index < -0.39 is 0 Å². The van der Waals surface area contributed by atoms with Crippen molar-refractivity contribution in [2.75, 3.05) is 0 Å². The molecule has 0 aromatic rings. The summed E-state index contributed by atoms with van der Waals surface area (Å²) in [6.07, 6.45) is 16.4. The molecule has 0 N–H and O–H groups in total. The molecule has 0 aliphatic carbocycles. The molecule has 0 aromatic heterocycles. The number of carbonyl (C=O) groups excluding carboxylic acids is 1. The van der Waals surface area contributed by atoms with Crippen molar-refractivity contribution >= 4 is 5.97 Å². The lowest BCUT2D eigenvalue weighted by molar-refractivity contribution is -0.150. The number of hydrogen-bond donors (Lipinski definition) is 0. The van der Waals surface area contributed by atoms with E-state index in [0.29, 0.717) is 6.42 Å². The molecule has 0 spiro atoms. The average Bonchev–Trinajstić information content (AvgIpc) is 2.55. The number of rotatable bonds is 17. The predicted octanol–water partition coefficient (Wildman–Crippen LogP) is 7.69. The Labute approximate surface area is 158 Å². The molecule has 0 rings (SSSR count). The molecule has 2 nitrogen and oxygen atoms in total. The minimum absolute atomic E-state index is 0.0266. The molecule has 0 radical (unpaired) electrons. The zero-order valence-electron chi connectivity index (χ0n) is 17.9. The van der Waals surface area contributed by atoms with Crippen LogP contribution < -0.4 is 0 Å². The number of esters is 1. The van der Waals surface area contributed by atoms with Gasteiger partial charge in [-0.2, -0.15) is 0 Å². The Kier molecular flexibility index (Phi) is 16.6. The van der Waals surface area contributed by atoms with Gasteiger partial charge in [0.15, 0.2) is 0 Å². The summed E-state index contributed by atoms with van der Waals surface area (Å²) in [4.78, 5) is 12.1. The van der Waals surface area contributed by atoms with Crippen LogP contribution in [0.4, 0.5) is 0 Å². The third-order valence-corrected chi connectivity index (χ3v) is 5.30. The summed E-state index contributed by atoms with van der Waals surface area (Å²) in [5, 5.41) is 0. The second-order valence-electron chi connectivity index (χ2n) is 8.06. The van der Waals surface area contributed by atoms with Gasteiger partial charge in [-0.25, -0.2) is 0 Å². The van der Waals surface area contributed by atoms with Crippen molar-refractivity contribution in [3.05, 3.63) is 0 Å². The Bertz CT molecular complexity index is 294. The van der Waals surface area contributed by atoms with Crippen molar-refractivity contribution in [1.29, 1.82) is 0 Å². The van der Waals surface area contributed by atoms with Crippen LogP contribution in [0.2, 0.25) is 0 Å². The van der Waals surface area contributed by atoms with Crippen LogP contribution in [0.3, 0.4) is 0 Å². The third kappa shape index (κ3) is 14.3. The second-order valence-corrected chi connectivity index (χ2v) is 8.06. The lowest BCUT2D eigenvalue weighted by Crippen LogP contribution is -2.18. The van der Waals surface area contributed by atoms with Crippen molar-refractivity contribution in [3.8, 4) is 0 Å². The molecular formula is C23H46O2. The normalized spacial score (nSPS) is 13.8. The first-order valence-electron chi connectivity index (χ1n) is 11.3. The topological polar surface area (TPSA) is 26.3 Å². The van der Waals surface area contributed by atoms with Gasteiger partial charge in [0.2, 0.25) is 0 Å². The van der Waals surface area contributed by atoms with E-state index in [4.69, 9.17) is 4.74 Å². The zero-order chi connectivity index (χ0) is 18.9. The van der Waals surface area contributed by atoms with Crippen LogP contribution >= 0.6 is 0 Å². The molecule has 0 aliphatic heterocycles. The maximum absolute atomic E-state index is 12.1. The van der Waals surface area contributed by atoms with Crippen molar-refractivity contribution in [3.63, 3.8) is 0 Å². The summed E-state index contributed by atoms with van der Waals surface area (Å²) >= 11 is 0. The van der Waals surface area contributed by atoms with Gasteiger partial charge in [-0.15, -0.1) is 0 Å². The zero-order valence-corrected chi connectivity index (χ0v) is 17.9. The highest BCUT2D eigenvalue weighted by Gasteiger charge is 2.14. The molecule has 0 aliphatic rings. The summed E-state index contributed by atoms with van der Waals surface area (Å²) in [5.41, 5.74) is 0. The molecule has 25 heavy (non-hydrogen) atoms. The van der Waals surface area contributed by atoms with Gasteiger partial charge in [0.25, 0.3) is 0 Å². The lowest BCUT2D eigenvalue weighted by atomic mass is 9.89. The van der Waals surface area contributed by atoms with Gasteiger partial charge in [0.05, 0.1) is 0 Å². The summed E-state index contributed by atoms with van der Waals surface area (Å²) in [7, 11) is 0. The van der Waals surface area contributed by atoms with Gasteiger partial charge in [-0.3, -0.25) is 4.79 Å². The van der Waals surface area contributed by atoms with Crippen molar-refractivity contribution in [2.45, 2.75) is 131 Å². The quantitative estimate of drug-likeness (QED) is 0.250. The minimum atomic E-state index is 0.0266. The molecule has 2 unspecified atom stereocenters. The molecule has 0 aromatic carbocycles. The third-order valence-electron chi connectivity index (χ3n) is 5.30. The highest BCUT2D eigenvalue weighted by molar-refractivity contribution is 5.69.